The van der Waals surface area contributed by atoms with Crippen molar-refractivity contribution >= 4 is 43.1 Å². The number of hydrogen-bond donors (Lipinski definition) is 0. The predicted molar refractivity (Wildman–Crippen MR) is 126 cm³/mol. The molecule has 0 amide bonds. The summed E-state index contributed by atoms with van der Waals surface area (Å²) in [4.78, 5) is 25.8. The predicted octanol–water partition coefficient (Wildman–Crippen LogP) is 3.59. The van der Waals surface area contributed by atoms with Gasteiger partial charge in [0.25, 0.3) is 0 Å². The zero-order chi connectivity index (χ0) is 23.7. The average molecular weight is 475 g/mol. The summed E-state index contributed by atoms with van der Waals surface area (Å²) in [5, 5.41) is 25.7. The van der Waals surface area contributed by atoms with E-state index in [4.69, 9.17) is 4.98 Å². The third-order valence-electron chi connectivity index (χ3n) is 5.77. The van der Waals surface area contributed by atoms with E-state index < -0.39 is 4.92 Å². The van der Waals surface area contributed by atoms with E-state index in [9.17, 15) is 10.1 Å². The lowest BCUT2D eigenvalue weighted by Gasteiger charge is -2.03. The van der Waals surface area contributed by atoms with Crippen LogP contribution in [0.15, 0.2) is 24.7 Å². The molecule has 13 heteroatoms. The van der Waals surface area contributed by atoms with Gasteiger partial charge in [0.05, 0.1) is 10.4 Å². The molecule has 0 saturated carbocycles. The summed E-state index contributed by atoms with van der Waals surface area (Å²) in [6.07, 6.45) is 3.43. The van der Waals surface area contributed by atoms with Crippen LogP contribution in [0.3, 0.4) is 0 Å². The van der Waals surface area contributed by atoms with Crippen LogP contribution in [-0.2, 0) is 6.67 Å². The molecule has 0 saturated heterocycles. The highest BCUT2D eigenvalue weighted by Crippen LogP contribution is 2.35. The van der Waals surface area contributed by atoms with Gasteiger partial charge in [-0.3, -0.25) is 14.8 Å². The molecule has 0 N–H and O–H groups in total. The van der Waals surface area contributed by atoms with Crippen LogP contribution < -0.4 is 0 Å². The fraction of sp³-hybridized carbons (Fsp3) is 0.238. The number of aromatic nitrogens is 9. The number of hydrogen-bond acceptors (Lipinski definition) is 9. The SMILES string of the molecule is Cc1cc(C)c2c(n1)sc1c2ncn2nc(-c3ccn(Cn4nc(C)c([N+](=O)[O-])c4C)n3)nc12. The Hall–Kier alpha value is -4.26. The second kappa shape index (κ2) is 7.12. The minimum absolute atomic E-state index is 0.0224. The van der Waals surface area contributed by atoms with Crippen molar-refractivity contribution in [2.75, 3.05) is 0 Å². The smallest absolute Gasteiger partial charge is 0.258 e. The first-order chi connectivity index (χ1) is 16.3. The molecule has 0 aliphatic carbocycles. The van der Waals surface area contributed by atoms with Crippen molar-refractivity contribution < 1.29 is 4.92 Å². The molecule has 6 heterocycles. The van der Waals surface area contributed by atoms with Crippen molar-refractivity contribution in [1.29, 1.82) is 0 Å². The van der Waals surface area contributed by atoms with Crippen LogP contribution in [0.2, 0.25) is 0 Å². The zero-order valence-corrected chi connectivity index (χ0v) is 19.5. The van der Waals surface area contributed by atoms with E-state index in [1.807, 2.05) is 6.92 Å². The highest BCUT2D eigenvalue weighted by molar-refractivity contribution is 7.26. The maximum Gasteiger partial charge on any atom is 0.312 e. The Kier molecular flexibility index (Phi) is 4.26. The Morgan fingerprint density at radius 2 is 1.94 bits per heavy atom. The fourth-order valence-corrected chi connectivity index (χ4v) is 5.49. The van der Waals surface area contributed by atoms with Crippen LogP contribution in [-0.4, -0.2) is 49.1 Å². The number of rotatable bonds is 4. The summed E-state index contributed by atoms with van der Waals surface area (Å²) >= 11 is 1.55. The molecule has 0 radical (unpaired) electrons. The zero-order valence-electron chi connectivity index (χ0n) is 18.7. The number of nitro groups is 1. The lowest BCUT2D eigenvalue weighted by Crippen LogP contribution is -2.11. The molecule has 12 nitrogen and oxygen atoms in total. The molecule has 6 aromatic rings. The van der Waals surface area contributed by atoms with Gasteiger partial charge < -0.3 is 0 Å². The Bertz CT molecular complexity index is 1770. The van der Waals surface area contributed by atoms with E-state index in [0.717, 1.165) is 31.7 Å². The quantitative estimate of drug-likeness (QED) is 0.279. The average Bonchev–Trinajstić information content (AvgIpc) is 3.51. The Labute approximate surface area is 195 Å². The second-order valence-corrected chi connectivity index (χ2v) is 9.15. The monoisotopic (exact) mass is 474 g/mol. The van der Waals surface area contributed by atoms with Gasteiger partial charge in [-0.05, 0) is 45.4 Å². The van der Waals surface area contributed by atoms with Gasteiger partial charge in [-0.15, -0.1) is 16.4 Å². The van der Waals surface area contributed by atoms with E-state index >= 15 is 0 Å². The first kappa shape index (κ1) is 20.4. The van der Waals surface area contributed by atoms with Crippen molar-refractivity contribution in [3.8, 4) is 11.5 Å². The van der Waals surface area contributed by atoms with E-state index in [-0.39, 0.29) is 12.4 Å². The molecular formula is C21H18N10O2S. The van der Waals surface area contributed by atoms with Gasteiger partial charge in [-0.2, -0.15) is 10.2 Å². The van der Waals surface area contributed by atoms with E-state index in [1.165, 1.54) is 0 Å². The molecule has 0 fully saturated rings. The molecule has 6 rings (SSSR count). The van der Waals surface area contributed by atoms with Gasteiger partial charge in [0.15, 0.2) is 5.65 Å². The van der Waals surface area contributed by atoms with Gasteiger partial charge in [0.2, 0.25) is 5.82 Å². The number of nitrogens with zero attached hydrogens (tertiary/aromatic N) is 10. The van der Waals surface area contributed by atoms with Gasteiger partial charge in [-0.25, -0.2) is 24.1 Å². The Balaban J connectivity index is 1.40. The fourth-order valence-electron chi connectivity index (χ4n) is 4.26. The van der Waals surface area contributed by atoms with Gasteiger partial charge in [-0.1, -0.05) is 0 Å². The van der Waals surface area contributed by atoms with Crippen LogP contribution in [0, 0.1) is 37.8 Å². The molecule has 0 aliphatic heterocycles. The standard InChI is InChI=1S/C21H18N10O2S/c1-10-7-11(2)23-21-15(10)16-18(34-21)20-24-19(27-29(20)8-22-16)14-5-6-28(26-14)9-30-13(4)17(31(32)33)12(3)25-30/h5-8H,9H2,1-4H3. The number of pyridine rings is 1. The minimum atomic E-state index is -0.412. The summed E-state index contributed by atoms with van der Waals surface area (Å²) < 4.78 is 5.78. The summed E-state index contributed by atoms with van der Waals surface area (Å²) in [7, 11) is 0. The third-order valence-corrected chi connectivity index (χ3v) is 6.84. The van der Waals surface area contributed by atoms with Crippen molar-refractivity contribution in [2.45, 2.75) is 34.4 Å². The largest absolute Gasteiger partial charge is 0.312 e. The van der Waals surface area contributed by atoms with Crippen molar-refractivity contribution in [3.63, 3.8) is 0 Å². The summed E-state index contributed by atoms with van der Waals surface area (Å²) in [5.41, 5.74) is 5.12. The van der Waals surface area contributed by atoms with Crippen LogP contribution in [0.4, 0.5) is 5.69 Å². The topological polar surface area (TPSA) is 135 Å². The summed E-state index contributed by atoms with van der Waals surface area (Å²) in [5.74, 6) is 0.464. The third kappa shape index (κ3) is 2.97. The van der Waals surface area contributed by atoms with Crippen LogP contribution in [0.25, 0.3) is 37.6 Å². The van der Waals surface area contributed by atoms with Crippen molar-refractivity contribution in [3.05, 3.63) is 57.4 Å². The van der Waals surface area contributed by atoms with Gasteiger partial charge >= 0.3 is 5.69 Å². The Morgan fingerprint density at radius 1 is 1.12 bits per heavy atom. The molecule has 0 bridgehead atoms. The number of aryl methyl sites for hydroxylation is 3. The molecule has 0 spiro atoms. The lowest BCUT2D eigenvalue weighted by molar-refractivity contribution is -0.386. The van der Waals surface area contributed by atoms with E-state index in [1.54, 1.807) is 57.7 Å². The summed E-state index contributed by atoms with van der Waals surface area (Å²) in [6.45, 7) is 7.58. The van der Waals surface area contributed by atoms with Crippen LogP contribution in [0.5, 0.6) is 0 Å². The van der Waals surface area contributed by atoms with Gasteiger partial charge in [0.1, 0.15) is 39.6 Å². The molecule has 6 aromatic heterocycles. The molecule has 170 valence electrons. The minimum Gasteiger partial charge on any atom is -0.258 e. The van der Waals surface area contributed by atoms with Crippen molar-refractivity contribution in [2.24, 2.45) is 0 Å². The normalized spacial score (nSPS) is 11.9. The highest BCUT2D eigenvalue weighted by Gasteiger charge is 2.22. The first-order valence-corrected chi connectivity index (χ1v) is 11.3. The lowest BCUT2D eigenvalue weighted by atomic mass is 10.1. The molecule has 34 heavy (non-hydrogen) atoms. The van der Waals surface area contributed by atoms with Crippen molar-refractivity contribution in [1.82, 2.24) is 44.1 Å². The second-order valence-electron chi connectivity index (χ2n) is 8.15. The van der Waals surface area contributed by atoms with E-state index in [2.05, 4.69) is 38.3 Å². The molecular weight excluding hydrogens is 456 g/mol. The van der Waals surface area contributed by atoms with Crippen LogP contribution in [0.1, 0.15) is 22.6 Å². The van der Waals surface area contributed by atoms with Crippen LogP contribution >= 0.6 is 11.3 Å². The molecule has 0 aromatic carbocycles. The molecule has 0 atom stereocenters. The number of fused-ring (bicyclic) bond motifs is 5. The first-order valence-electron chi connectivity index (χ1n) is 10.4. The molecule has 0 unspecified atom stereocenters. The van der Waals surface area contributed by atoms with E-state index in [0.29, 0.717) is 28.6 Å². The summed E-state index contributed by atoms with van der Waals surface area (Å²) in [6, 6.07) is 3.86. The number of thiophene rings is 1. The molecule has 0 aliphatic rings. The Morgan fingerprint density at radius 3 is 2.71 bits per heavy atom. The van der Waals surface area contributed by atoms with Gasteiger partial charge in [0, 0.05) is 17.3 Å². The maximum atomic E-state index is 11.3. The maximum absolute atomic E-state index is 11.3. The highest BCUT2D eigenvalue weighted by atomic mass is 32.1.